The predicted molar refractivity (Wildman–Crippen MR) is 159 cm³/mol. The first-order chi connectivity index (χ1) is 18.1. The maximum absolute atomic E-state index is 5.74. The monoisotopic (exact) mass is 764 g/mol. The molecule has 2 aromatic rings. The van der Waals surface area contributed by atoms with Gasteiger partial charge >= 0.3 is 163 Å². The second kappa shape index (κ2) is 16.0. The molecule has 0 fully saturated rings. The quantitative estimate of drug-likeness (QED) is 0.396. The molecule has 0 atom stereocenters. The summed E-state index contributed by atoms with van der Waals surface area (Å²) in [4.78, 5) is 0. The van der Waals surface area contributed by atoms with E-state index in [1.807, 2.05) is 12.2 Å². The number of halogens is 4. The Balaban J connectivity index is 0.000000215. The van der Waals surface area contributed by atoms with Crippen molar-refractivity contribution < 1.29 is 68.9 Å². The van der Waals surface area contributed by atoms with Crippen LogP contribution in [-0.2, 0) is 44.1 Å². The number of allylic oxidation sites excluding steroid dienone is 12. The molecule has 0 aliphatic heterocycles. The van der Waals surface area contributed by atoms with Crippen LogP contribution in [0.2, 0.25) is 0 Å². The van der Waals surface area contributed by atoms with E-state index in [1.165, 1.54) is 60.7 Å². The van der Waals surface area contributed by atoms with Crippen LogP contribution in [0.15, 0.2) is 115 Å². The van der Waals surface area contributed by atoms with Gasteiger partial charge in [0.1, 0.15) is 0 Å². The van der Waals surface area contributed by atoms with Gasteiger partial charge in [-0.25, -0.2) is 0 Å². The van der Waals surface area contributed by atoms with E-state index >= 15 is 0 Å². The van der Waals surface area contributed by atoms with Gasteiger partial charge in [0.15, 0.2) is 0 Å². The van der Waals surface area contributed by atoms with Crippen LogP contribution in [0.25, 0.3) is 11.1 Å². The second-order valence-corrected chi connectivity index (χ2v) is 20.5. The number of hydrogen-bond acceptors (Lipinski definition) is 0. The predicted octanol–water partition coefficient (Wildman–Crippen LogP) is 5.17. The average Bonchev–Trinajstić information content (AvgIpc) is 3.68. The molecule has 0 aromatic heterocycles. The van der Waals surface area contributed by atoms with Gasteiger partial charge in [-0.2, -0.15) is 0 Å². The van der Waals surface area contributed by atoms with Crippen LogP contribution in [0.1, 0.15) is 75.6 Å². The SMILES string of the molecule is CC1=C(C)C(C)=C(C2=C(C)C(C)=C(C)C2)C1.[Cl-].[Cl-].[Cl][Zr]([Cl])[C]1=CC=CC1.[Zr+2][CH]1c2ccccc2-c2ccccc21. The van der Waals surface area contributed by atoms with Crippen molar-refractivity contribution in [3.63, 3.8) is 0 Å². The molecule has 208 valence electrons. The van der Waals surface area contributed by atoms with Crippen LogP contribution in [0.3, 0.4) is 0 Å². The van der Waals surface area contributed by atoms with Crippen molar-refractivity contribution in [2.45, 2.75) is 64.4 Å². The van der Waals surface area contributed by atoms with E-state index in [9.17, 15) is 0 Å². The van der Waals surface area contributed by atoms with Crippen molar-refractivity contribution in [1.29, 1.82) is 0 Å². The minimum absolute atomic E-state index is 0. The summed E-state index contributed by atoms with van der Waals surface area (Å²) in [5.74, 6) is 0. The van der Waals surface area contributed by atoms with Gasteiger partial charge in [0, 0.05) is 0 Å². The molecule has 0 nitrogen and oxygen atoms in total. The fourth-order valence-corrected chi connectivity index (χ4v) is 9.67. The summed E-state index contributed by atoms with van der Waals surface area (Å²) in [6.07, 6.45) is 9.48. The molecule has 0 heterocycles. The van der Waals surface area contributed by atoms with Crippen LogP contribution in [0.5, 0.6) is 0 Å². The summed E-state index contributed by atoms with van der Waals surface area (Å²) in [7, 11) is 11.5. The van der Waals surface area contributed by atoms with Crippen molar-refractivity contribution in [1.82, 2.24) is 0 Å². The topological polar surface area (TPSA) is 0 Å². The Kier molecular flexibility index (Phi) is 14.4. The Morgan fingerprint density at radius 3 is 1.40 bits per heavy atom. The molecule has 40 heavy (non-hydrogen) atoms. The molecule has 0 bridgehead atoms. The molecule has 0 saturated heterocycles. The Hall–Kier alpha value is -0.194. The fourth-order valence-electron chi connectivity index (χ4n) is 5.56. The van der Waals surface area contributed by atoms with E-state index < -0.39 is 19.4 Å². The summed E-state index contributed by atoms with van der Waals surface area (Å²) in [6.45, 7) is 13.6. The standard InChI is InChI=1S/C16H22.C13H9.C5H5.4ClH.2Zr/c1-9-7-15(13(5)11(9)3)16-8-10(2)12(4)14(16)6;1-3-7-12-10(5-1)9-11-6-2-4-8-13(11)12;1-2-4-5-3-1;;;;;;/h7-8H2,1-6H3;1-9H;1-3H,4H2;4*1H;;/q;;;;;;;2*+2/p-4. The van der Waals surface area contributed by atoms with E-state index in [0.29, 0.717) is 3.63 Å². The Morgan fingerprint density at radius 2 is 1.10 bits per heavy atom. The van der Waals surface area contributed by atoms with Crippen LogP contribution in [0.4, 0.5) is 0 Å². The molecule has 0 unspecified atom stereocenters. The first kappa shape index (κ1) is 36.0. The third kappa shape index (κ3) is 7.84. The van der Waals surface area contributed by atoms with Gasteiger partial charge in [-0.1, -0.05) is 11.1 Å². The zero-order valence-corrected chi connectivity index (χ0v) is 32.0. The van der Waals surface area contributed by atoms with Crippen molar-refractivity contribution >= 4 is 17.0 Å². The maximum atomic E-state index is 5.74. The van der Waals surface area contributed by atoms with Crippen molar-refractivity contribution in [2.24, 2.45) is 0 Å². The summed E-state index contributed by atoms with van der Waals surface area (Å²) in [5, 5.41) is 0. The zero-order chi connectivity index (χ0) is 27.6. The summed E-state index contributed by atoms with van der Waals surface area (Å²) >= 11 is -0.380. The summed E-state index contributed by atoms with van der Waals surface area (Å²) < 4.78 is 1.94. The zero-order valence-electron chi connectivity index (χ0n) is 24.1. The number of hydrogen-bond donors (Lipinski definition) is 0. The third-order valence-electron chi connectivity index (χ3n) is 8.41. The number of fused-ring (bicyclic) bond motifs is 3. The third-order valence-corrected chi connectivity index (χ3v) is 14.9. The number of benzene rings is 2. The van der Waals surface area contributed by atoms with E-state index in [2.05, 4.69) is 96.1 Å². The van der Waals surface area contributed by atoms with Crippen LogP contribution in [0, 0.1) is 0 Å². The van der Waals surface area contributed by atoms with Crippen LogP contribution >= 0.6 is 17.0 Å². The van der Waals surface area contributed by atoms with Gasteiger partial charge in [-0.05, 0) is 87.8 Å². The fraction of sp³-hybridized carbons (Fsp3) is 0.294. The van der Waals surface area contributed by atoms with Crippen molar-refractivity contribution in [3.05, 3.63) is 126 Å². The van der Waals surface area contributed by atoms with E-state index in [1.54, 1.807) is 47.0 Å². The first-order valence-electron chi connectivity index (χ1n) is 13.3. The van der Waals surface area contributed by atoms with E-state index in [4.69, 9.17) is 17.0 Å². The summed E-state index contributed by atoms with van der Waals surface area (Å²) in [5.41, 5.74) is 18.3. The molecular formula is C34H36Cl4Zr2. The van der Waals surface area contributed by atoms with E-state index in [-0.39, 0.29) is 24.8 Å². The molecule has 2 aromatic carbocycles. The van der Waals surface area contributed by atoms with Crippen LogP contribution < -0.4 is 24.8 Å². The Labute approximate surface area is 284 Å². The van der Waals surface area contributed by atoms with Crippen molar-refractivity contribution in [3.8, 4) is 11.1 Å². The molecular weight excluding hydrogens is 733 g/mol. The summed E-state index contributed by atoms with van der Waals surface area (Å²) in [6, 6.07) is 17.5. The minimum atomic E-state index is -1.96. The molecule has 4 aliphatic carbocycles. The molecule has 6 rings (SSSR count). The van der Waals surface area contributed by atoms with Gasteiger partial charge in [0.25, 0.3) is 0 Å². The molecule has 4 aliphatic rings. The number of rotatable bonds is 2. The molecule has 0 N–H and O–H groups in total. The molecule has 0 radical (unpaired) electrons. The second-order valence-electron chi connectivity index (χ2n) is 10.6. The van der Waals surface area contributed by atoms with Gasteiger partial charge in [-0.3, -0.25) is 0 Å². The average molecular weight is 769 g/mol. The van der Waals surface area contributed by atoms with Gasteiger partial charge in [-0.15, -0.1) is 0 Å². The van der Waals surface area contributed by atoms with Gasteiger partial charge in [0.05, 0.1) is 0 Å². The Bertz CT molecular complexity index is 1350. The van der Waals surface area contributed by atoms with E-state index in [0.717, 1.165) is 6.42 Å². The Morgan fingerprint density at radius 1 is 0.675 bits per heavy atom. The molecule has 0 saturated carbocycles. The van der Waals surface area contributed by atoms with Crippen molar-refractivity contribution in [2.75, 3.05) is 0 Å². The normalized spacial score (nSPS) is 17.0. The molecule has 0 amide bonds. The van der Waals surface area contributed by atoms with Gasteiger partial charge in [0.2, 0.25) is 0 Å². The molecule has 6 heteroatoms. The molecule has 0 spiro atoms. The van der Waals surface area contributed by atoms with Gasteiger partial charge < -0.3 is 24.8 Å². The first-order valence-corrected chi connectivity index (χ1v) is 22.3. The van der Waals surface area contributed by atoms with Crippen LogP contribution in [-0.4, -0.2) is 0 Å².